The highest BCUT2D eigenvalue weighted by atomic mass is 35.5. The number of amides is 1. The Morgan fingerprint density at radius 3 is 2.71 bits per heavy atom. The molecule has 1 heterocycles. The lowest BCUT2D eigenvalue weighted by Crippen LogP contribution is -2.12. The van der Waals surface area contributed by atoms with E-state index in [1.54, 1.807) is 30.1 Å². The van der Waals surface area contributed by atoms with Crippen molar-refractivity contribution < 1.29 is 4.79 Å². The lowest BCUT2D eigenvalue weighted by atomic mass is 10.1. The predicted molar refractivity (Wildman–Crippen MR) is 116 cm³/mol. The number of benzene rings is 3. The Labute approximate surface area is 172 Å². The van der Waals surface area contributed by atoms with Crippen molar-refractivity contribution in [2.24, 2.45) is 0 Å². The minimum atomic E-state index is -0.255. The number of fused-ring (bicyclic) bond motifs is 1. The minimum Gasteiger partial charge on any atom is -0.322 e. The van der Waals surface area contributed by atoms with Crippen LogP contribution in [0.4, 0.5) is 5.69 Å². The third-order valence-electron chi connectivity index (χ3n) is 4.29. The van der Waals surface area contributed by atoms with Gasteiger partial charge in [-0.25, -0.2) is 9.97 Å². The van der Waals surface area contributed by atoms with Crippen LogP contribution in [-0.4, -0.2) is 22.1 Å². The monoisotopic (exact) mass is 405 g/mol. The van der Waals surface area contributed by atoms with Gasteiger partial charge < -0.3 is 5.32 Å². The van der Waals surface area contributed by atoms with Gasteiger partial charge in [0.05, 0.1) is 16.1 Å². The molecule has 0 fully saturated rings. The Morgan fingerprint density at radius 1 is 1.04 bits per heavy atom. The number of anilines is 1. The van der Waals surface area contributed by atoms with Crippen molar-refractivity contribution in [1.82, 2.24) is 9.97 Å². The Kier molecular flexibility index (Phi) is 5.28. The normalized spacial score (nSPS) is 10.8. The summed E-state index contributed by atoms with van der Waals surface area (Å²) in [7, 11) is 0. The van der Waals surface area contributed by atoms with Crippen molar-refractivity contribution in [3.8, 4) is 11.4 Å². The van der Waals surface area contributed by atoms with E-state index in [0.717, 1.165) is 21.4 Å². The first kappa shape index (κ1) is 18.5. The number of nitrogens with one attached hydrogen (secondary N) is 1. The first-order chi connectivity index (χ1) is 13.6. The molecular weight excluding hydrogens is 390 g/mol. The Hall–Kier alpha value is -2.89. The molecule has 6 heteroatoms. The number of thioether (sulfide) groups is 1. The molecule has 0 radical (unpaired) electrons. The van der Waals surface area contributed by atoms with E-state index in [0.29, 0.717) is 22.1 Å². The van der Waals surface area contributed by atoms with Gasteiger partial charge >= 0.3 is 0 Å². The van der Waals surface area contributed by atoms with E-state index in [1.807, 2.05) is 60.9 Å². The fraction of sp³-hybridized carbons (Fsp3) is 0.0455. The summed E-state index contributed by atoms with van der Waals surface area (Å²) in [6.45, 7) is 0. The highest BCUT2D eigenvalue weighted by Gasteiger charge is 2.12. The van der Waals surface area contributed by atoms with Crippen molar-refractivity contribution >= 4 is 45.9 Å². The summed E-state index contributed by atoms with van der Waals surface area (Å²) in [5, 5.41) is 4.31. The second-order valence-electron chi connectivity index (χ2n) is 6.13. The predicted octanol–water partition coefficient (Wildman–Crippen LogP) is 5.92. The molecule has 28 heavy (non-hydrogen) atoms. The lowest BCUT2D eigenvalue weighted by molar-refractivity contribution is 0.102. The standard InChI is InChI=1S/C22H16ClN3OS/c1-28-17-9-10-18(19(23)12-17)22(27)25-16-7-4-6-14(11-16)21-24-13-15-5-2-3-8-20(15)26-21/h2-13H,1H3,(H,25,27). The van der Waals surface area contributed by atoms with Gasteiger partial charge in [-0.15, -0.1) is 11.8 Å². The molecule has 1 N–H and O–H groups in total. The van der Waals surface area contributed by atoms with Gasteiger partial charge in [-0.05, 0) is 42.7 Å². The molecule has 0 spiro atoms. The second-order valence-corrected chi connectivity index (χ2v) is 7.42. The Morgan fingerprint density at radius 2 is 1.89 bits per heavy atom. The van der Waals surface area contributed by atoms with E-state index in [9.17, 15) is 4.79 Å². The van der Waals surface area contributed by atoms with Crippen LogP contribution >= 0.6 is 23.4 Å². The van der Waals surface area contributed by atoms with E-state index in [2.05, 4.69) is 15.3 Å². The fourth-order valence-electron chi connectivity index (χ4n) is 2.85. The topological polar surface area (TPSA) is 54.9 Å². The Bertz CT molecular complexity index is 1180. The average molecular weight is 406 g/mol. The summed E-state index contributed by atoms with van der Waals surface area (Å²) in [6.07, 6.45) is 3.77. The number of hydrogen-bond donors (Lipinski definition) is 1. The van der Waals surface area contributed by atoms with E-state index < -0.39 is 0 Å². The molecule has 0 aliphatic rings. The van der Waals surface area contributed by atoms with Gasteiger partial charge in [-0.3, -0.25) is 4.79 Å². The summed E-state index contributed by atoms with van der Waals surface area (Å²) in [5.74, 6) is 0.353. The van der Waals surface area contributed by atoms with Gasteiger partial charge in [0.1, 0.15) is 0 Å². The number of aromatic nitrogens is 2. The molecule has 0 aliphatic heterocycles. The maximum absolute atomic E-state index is 12.6. The third-order valence-corrected chi connectivity index (χ3v) is 5.33. The van der Waals surface area contributed by atoms with Crippen LogP contribution in [0.25, 0.3) is 22.3 Å². The van der Waals surface area contributed by atoms with Crippen molar-refractivity contribution in [3.05, 3.63) is 83.5 Å². The molecule has 3 aromatic carbocycles. The second kappa shape index (κ2) is 8.00. The Balaban J connectivity index is 1.60. The number of nitrogens with zero attached hydrogens (tertiary/aromatic N) is 2. The van der Waals surface area contributed by atoms with Crippen LogP contribution in [0.5, 0.6) is 0 Å². The highest BCUT2D eigenvalue weighted by Crippen LogP contribution is 2.25. The zero-order valence-corrected chi connectivity index (χ0v) is 16.6. The van der Waals surface area contributed by atoms with Gasteiger partial charge in [0.15, 0.2) is 5.82 Å². The largest absolute Gasteiger partial charge is 0.322 e. The van der Waals surface area contributed by atoms with Crippen LogP contribution in [0, 0.1) is 0 Å². The van der Waals surface area contributed by atoms with Crippen LogP contribution in [-0.2, 0) is 0 Å². The average Bonchev–Trinajstić information content (AvgIpc) is 2.73. The molecule has 1 amide bonds. The maximum atomic E-state index is 12.6. The van der Waals surface area contributed by atoms with Crippen molar-refractivity contribution in [3.63, 3.8) is 0 Å². The minimum absolute atomic E-state index is 0.255. The number of carbonyl (C=O) groups excluding carboxylic acids is 1. The highest BCUT2D eigenvalue weighted by molar-refractivity contribution is 7.98. The molecular formula is C22H16ClN3OS. The fourth-order valence-corrected chi connectivity index (χ4v) is 3.62. The zero-order valence-electron chi connectivity index (χ0n) is 15.0. The van der Waals surface area contributed by atoms with Crippen molar-refractivity contribution in [1.29, 1.82) is 0 Å². The molecule has 0 unspecified atom stereocenters. The third kappa shape index (κ3) is 3.86. The quantitative estimate of drug-likeness (QED) is 0.428. The number of halogens is 1. The molecule has 0 bridgehead atoms. The zero-order chi connectivity index (χ0) is 19.5. The van der Waals surface area contributed by atoms with Gasteiger partial charge in [0.2, 0.25) is 0 Å². The summed E-state index contributed by atoms with van der Waals surface area (Å²) in [6, 6.07) is 20.7. The van der Waals surface area contributed by atoms with Gasteiger partial charge in [-0.2, -0.15) is 0 Å². The van der Waals surface area contributed by atoms with E-state index in [1.165, 1.54) is 0 Å². The van der Waals surface area contributed by atoms with Crippen molar-refractivity contribution in [2.45, 2.75) is 4.90 Å². The van der Waals surface area contributed by atoms with E-state index in [-0.39, 0.29) is 5.91 Å². The first-order valence-electron chi connectivity index (χ1n) is 8.61. The summed E-state index contributed by atoms with van der Waals surface area (Å²) in [5.41, 5.74) is 2.80. The number of rotatable bonds is 4. The van der Waals surface area contributed by atoms with Gasteiger partial charge in [0.25, 0.3) is 5.91 Å². The first-order valence-corrected chi connectivity index (χ1v) is 10.2. The molecule has 0 atom stereocenters. The van der Waals surface area contributed by atoms with Crippen LogP contribution in [0.15, 0.2) is 77.8 Å². The molecule has 0 saturated carbocycles. The van der Waals surface area contributed by atoms with Crippen molar-refractivity contribution in [2.75, 3.05) is 11.6 Å². The SMILES string of the molecule is CSc1ccc(C(=O)Nc2cccc(-c3ncc4ccccc4n3)c2)c(Cl)c1. The molecule has 4 aromatic rings. The van der Waals surface area contributed by atoms with E-state index >= 15 is 0 Å². The van der Waals surface area contributed by atoms with Crippen LogP contribution in [0.1, 0.15) is 10.4 Å². The van der Waals surface area contributed by atoms with Crippen LogP contribution < -0.4 is 5.32 Å². The summed E-state index contributed by atoms with van der Waals surface area (Å²) < 4.78 is 0. The number of para-hydroxylation sites is 1. The molecule has 138 valence electrons. The number of carbonyl (C=O) groups is 1. The molecule has 4 nitrogen and oxygen atoms in total. The summed E-state index contributed by atoms with van der Waals surface area (Å²) in [4.78, 5) is 22.7. The molecule has 4 rings (SSSR count). The molecule has 0 aliphatic carbocycles. The van der Waals surface area contributed by atoms with Crippen LogP contribution in [0.2, 0.25) is 5.02 Å². The lowest BCUT2D eigenvalue weighted by Gasteiger charge is -2.09. The molecule has 0 saturated heterocycles. The molecule has 1 aromatic heterocycles. The van der Waals surface area contributed by atoms with Gasteiger partial charge in [0, 0.05) is 27.7 Å². The van der Waals surface area contributed by atoms with Gasteiger partial charge in [-0.1, -0.05) is 41.9 Å². The van der Waals surface area contributed by atoms with E-state index in [4.69, 9.17) is 11.6 Å². The summed E-state index contributed by atoms with van der Waals surface area (Å²) >= 11 is 7.84. The number of hydrogen-bond acceptors (Lipinski definition) is 4. The smallest absolute Gasteiger partial charge is 0.257 e. The van der Waals surface area contributed by atoms with Crippen LogP contribution in [0.3, 0.4) is 0 Å². The maximum Gasteiger partial charge on any atom is 0.257 e.